The number of hydrogen-bond donors (Lipinski definition) is 2. The van der Waals surface area contributed by atoms with Crippen LogP contribution in [-0.4, -0.2) is 29.0 Å². The molecule has 0 saturated carbocycles. The summed E-state index contributed by atoms with van der Waals surface area (Å²) in [6, 6.07) is 19.1. The van der Waals surface area contributed by atoms with Gasteiger partial charge in [0.05, 0.1) is 0 Å². The third-order valence-electron chi connectivity index (χ3n) is 4.20. The molecule has 1 heterocycles. The lowest BCUT2D eigenvalue weighted by atomic mass is 10.2. The summed E-state index contributed by atoms with van der Waals surface area (Å²) in [4.78, 5) is 23.0. The molecule has 0 atom stereocenters. The number of amides is 1. The monoisotopic (exact) mass is 361 g/mol. The van der Waals surface area contributed by atoms with Crippen molar-refractivity contribution in [3.05, 3.63) is 72.7 Å². The SMILES string of the molecule is CCN(CC)c1ccc(NC(=O)c2cc(Nc3ccccc3)ncn2)cc1. The zero-order chi connectivity index (χ0) is 19.1. The van der Waals surface area contributed by atoms with Crippen LogP contribution in [0.1, 0.15) is 24.3 Å². The van der Waals surface area contributed by atoms with Crippen molar-refractivity contribution in [2.75, 3.05) is 28.6 Å². The fourth-order valence-corrected chi connectivity index (χ4v) is 2.76. The molecule has 0 radical (unpaired) electrons. The van der Waals surface area contributed by atoms with Crippen molar-refractivity contribution in [1.82, 2.24) is 9.97 Å². The summed E-state index contributed by atoms with van der Waals surface area (Å²) >= 11 is 0. The lowest BCUT2D eigenvalue weighted by Gasteiger charge is -2.21. The average molecular weight is 361 g/mol. The molecule has 0 saturated heterocycles. The highest BCUT2D eigenvalue weighted by Gasteiger charge is 2.10. The first-order valence-corrected chi connectivity index (χ1v) is 9.00. The first kappa shape index (κ1) is 18.4. The van der Waals surface area contributed by atoms with Gasteiger partial charge in [-0.25, -0.2) is 9.97 Å². The van der Waals surface area contributed by atoms with E-state index in [2.05, 4.69) is 39.3 Å². The Morgan fingerprint density at radius 1 is 0.926 bits per heavy atom. The highest BCUT2D eigenvalue weighted by Crippen LogP contribution is 2.19. The fraction of sp³-hybridized carbons (Fsp3) is 0.190. The van der Waals surface area contributed by atoms with Gasteiger partial charge in [-0.3, -0.25) is 4.79 Å². The summed E-state index contributed by atoms with van der Waals surface area (Å²) in [6.07, 6.45) is 1.38. The molecule has 3 rings (SSSR count). The van der Waals surface area contributed by atoms with Crippen LogP contribution in [-0.2, 0) is 0 Å². The zero-order valence-corrected chi connectivity index (χ0v) is 15.5. The average Bonchev–Trinajstić information content (AvgIpc) is 2.71. The lowest BCUT2D eigenvalue weighted by Crippen LogP contribution is -2.21. The molecule has 0 aliphatic carbocycles. The van der Waals surface area contributed by atoms with Crippen molar-refractivity contribution in [3.63, 3.8) is 0 Å². The van der Waals surface area contributed by atoms with E-state index in [9.17, 15) is 4.79 Å². The fourth-order valence-electron chi connectivity index (χ4n) is 2.76. The second-order valence-corrected chi connectivity index (χ2v) is 5.95. The molecule has 2 N–H and O–H groups in total. The quantitative estimate of drug-likeness (QED) is 0.656. The van der Waals surface area contributed by atoms with E-state index < -0.39 is 0 Å². The van der Waals surface area contributed by atoms with Gasteiger partial charge in [0.2, 0.25) is 0 Å². The van der Waals surface area contributed by atoms with Crippen molar-refractivity contribution >= 4 is 28.8 Å². The van der Waals surface area contributed by atoms with E-state index in [1.54, 1.807) is 6.07 Å². The second-order valence-electron chi connectivity index (χ2n) is 5.95. The second kappa shape index (κ2) is 8.80. The molecule has 3 aromatic rings. The smallest absolute Gasteiger partial charge is 0.274 e. The van der Waals surface area contributed by atoms with Crippen LogP contribution >= 0.6 is 0 Å². The van der Waals surface area contributed by atoms with E-state index in [0.717, 1.165) is 30.2 Å². The molecule has 138 valence electrons. The number of aromatic nitrogens is 2. The molecule has 0 unspecified atom stereocenters. The Morgan fingerprint density at radius 2 is 1.63 bits per heavy atom. The van der Waals surface area contributed by atoms with Gasteiger partial charge in [-0.15, -0.1) is 0 Å². The molecule has 0 aliphatic rings. The van der Waals surface area contributed by atoms with Crippen LogP contribution < -0.4 is 15.5 Å². The number of rotatable bonds is 7. The van der Waals surface area contributed by atoms with Crippen LogP contribution in [0.15, 0.2) is 67.0 Å². The minimum atomic E-state index is -0.274. The summed E-state index contributed by atoms with van der Waals surface area (Å²) in [5, 5.41) is 6.04. The largest absolute Gasteiger partial charge is 0.372 e. The summed E-state index contributed by atoms with van der Waals surface area (Å²) in [5.41, 5.74) is 3.06. The summed E-state index contributed by atoms with van der Waals surface area (Å²) in [7, 11) is 0. The Kier molecular flexibility index (Phi) is 5.99. The molecule has 27 heavy (non-hydrogen) atoms. The van der Waals surface area contributed by atoms with Gasteiger partial charge in [0.25, 0.3) is 5.91 Å². The third-order valence-corrected chi connectivity index (χ3v) is 4.20. The molecule has 6 heteroatoms. The normalized spacial score (nSPS) is 10.3. The minimum absolute atomic E-state index is 0.274. The van der Waals surface area contributed by atoms with Gasteiger partial charge >= 0.3 is 0 Å². The zero-order valence-electron chi connectivity index (χ0n) is 15.5. The molecule has 6 nitrogen and oxygen atoms in total. The van der Waals surface area contributed by atoms with Gasteiger partial charge in [-0.2, -0.15) is 0 Å². The maximum Gasteiger partial charge on any atom is 0.274 e. The first-order valence-electron chi connectivity index (χ1n) is 9.00. The van der Waals surface area contributed by atoms with E-state index >= 15 is 0 Å². The Bertz CT molecular complexity index is 877. The predicted octanol–water partition coefficient (Wildman–Crippen LogP) is 4.32. The van der Waals surface area contributed by atoms with Crippen molar-refractivity contribution in [2.24, 2.45) is 0 Å². The van der Waals surface area contributed by atoms with Crippen molar-refractivity contribution in [2.45, 2.75) is 13.8 Å². The molecule has 0 bridgehead atoms. The van der Waals surface area contributed by atoms with E-state index in [0.29, 0.717) is 11.5 Å². The number of nitrogens with zero attached hydrogens (tertiary/aromatic N) is 3. The summed E-state index contributed by atoms with van der Waals surface area (Å²) < 4.78 is 0. The van der Waals surface area contributed by atoms with Gasteiger partial charge in [0.1, 0.15) is 17.8 Å². The molecule has 1 aromatic heterocycles. The molecular weight excluding hydrogens is 338 g/mol. The van der Waals surface area contributed by atoms with E-state index in [1.807, 2.05) is 54.6 Å². The summed E-state index contributed by atoms with van der Waals surface area (Å²) in [6.45, 7) is 6.13. The van der Waals surface area contributed by atoms with Gasteiger partial charge in [-0.1, -0.05) is 18.2 Å². The van der Waals surface area contributed by atoms with Crippen LogP contribution in [0.5, 0.6) is 0 Å². The van der Waals surface area contributed by atoms with Crippen molar-refractivity contribution < 1.29 is 4.79 Å². The molecule has 1 amide bonds. The van der Waals surface area contributed by atoms with Gasteiger partial charge in [0.15, 0.2) is 0 Å². The number of hydrogen-bond acceptors (Lipinski definition) is 5. The standard InChI is InChI=1S/C21H23N5O/c1-3-26(4-2)18-12-10-17(11-13-18)25-21(27)19-14-20(23-15-22-19)24-16-8-6-5-7-9-16/h5-15H,3-4H2,1-2H3,(H,25,27)(H,22,23,24). The number of anilines is 4. The van der Waals surface area contributed by atoms with E-state index in [-0.39, 0.29) is 5.91 Å². The highest BCUT2D eigenvalue weighted by atomic mass is 16.1. The van der Waals surface area contributed by atoms with Gasteiger partial charge in [0, 0.05) is 36.2 Å². The first-order chi connectivity index (χ1) is 13.2. The Labute approximate surface area is 159 Å². The highest BCUT2D eigenvalue weighted by molar-refractivity contribution is 6.03. The Hall–Kier alpha value is -3.41. The number of carbonyl (C=O) groups excluding carboxylic acids is 1. The molecule has 0 aliphatic heterocycles. The van der Waals surface area contributed by atoms with E-state index in [4.69, 9.17) is 0 Å². The lowest BCUT2D eigenvalue weighted by molar-refractivity contribution is 0.102. The Balaban J connectivity index is 1.68. The molecule has 2 aromatic carbocycles. The predicted molar refractivity (Wildman–Crippen MR) is 110 cm³/mol. The van der Waals surface area contributed by atoms with Crippen LogP contribution in [0.2, 0.25) is 0 Å². The number of nitrogens with one attached hydrogen (secondary N) is 2. The number of para-hydroxylation sites is 1. The van der Waals surface area contributed by atoms with Gasteiger partial charge in [-0.05, 0) is 50.2 Å². The van der Waals surface area contributed by atoms with Crippen LogP contribution in [0.25, 0.3) is 0 Å². The number of benzene rings is 2. The molecule has 0 fully saturated rings. The van der Waals surface area contributed by atoms with Gasteiger partial charge < -0.3 is 15.5 Å². The molecule has 0 spiro atoms. The topological polar surface area (TPSA) is 70.2 Å². The minimum Gasteiger partial charge on any atom is -0.372 e. The Morgan fingerprint density at radius 3 is 2.30 bits per heavy atom. The van der Waals surface area contributed by atoms with Crippen LogP contribution in [0.3, 0.4) is 0 Å². The molecular formula is C21H23N5O. The third kappa shape index (κ3) is 4.82. The van der Waals surface area contributed by atoms with Crippen molar-refractivity contribution in [1.29, 1.82) is 0 Å². The number of carbonyl (C=O) groups is 1. The van der Waals surface area contributed by atoms with Crippen LogP contribution in [0.4, 0.5) is 22.9 Å². The van der Waals surface area contributed by atoms with Crippen molar-refractivity contribution in [3.8, 4) is 0 Å². The van der Waals surface area contributed by atoms with Crippen LogP contribution in [0, 0.1) is 0 Å². The summed E-state index contributed by atoms with van der Waals surface area (Å²) in [5.74, 6) is 0.294. The van der Waals surface area contributed by atoms with E-state index in [1.165, 1.54) is 6.33 Å². The maximum absolute atomic E-state index is 12.5. The maximum atomic E-state index is 12.5.